The molecule has 2 N–H and O–H groups in total. The molecule has 5 heteroatoms. The number of nitrogens with one attached hydrogen (secondary N) is 2. The van der Waals surface area contributed by atoms with Crippen molar-refractivity contribution in [2.75, 3.05) is 26.2 Å². The number of hydrogen-bond donors (Lipinski definition) is 2. The van der Waals surface area contributed by atoms with Crippen molar-refractivity contribution in [3.05, 3.63) is 0 Å². The number of hydrogen-bond acceptors (Lipinski definition) is 2. The molecule has 1 aliphatic rings. The first-order valence-electron chi connectivity index (χ1n) is 6.03. The highest BCUT2D eigenvalue weighted by atomic mass is 16.2. The number of carbonyl (C=O) groups is 2. The van der Waals surface area contributed by atoms with E-state index in [0.29, 0.717) is 6.54 Å². The van der Waals surface area contributed by atoms with Crippen LogP contribution in [0.25, 0.3) is 0 Å². The van der Waals surface area contributed by atoms with Crippen LogP contribution >= 0.6 is 0 Å². The van der Waals surface area contributed by atoms with Gasteiger partial charge in [0.2, 0.25) is 5.91 Å². The van der Waals surface area contributed by atoms with E-state index in [9.17, 15) is 9.59 Å². The summed E-state index contributed by atoms with van der Waals surface area (Å²) < 4.78 is 0. The number of amides is 3. The fourth-order valence-electron chi connectivity index (χ4n) is 1.69. The highest BCUT2D eigenvalue weighted by molar-refractivity contribution is 5.83. The van der Waals surface area contributed by atoms with Crippen molar-refractivity contribution >= 4 is 11.9 Å². The third kappa shape index (κ3) is 4.51. The van der Waals surface area contributed by atoms with Gasteiger partial charge in [-0.3, -0.25) is 4.79 Å². The molecule has 0 saturated carbocycles. The van der Waals surface area contributed by atoms with Crippen LogP contribution in [0.15, 0.2) is 0 Å². The molecule has 1 aliphatic heterocycles. The number of urea groups is 1. The second kappa shape index (κ2) is 7.09. The summed E-state index contributed by atoms with van der Waals surface area (Å²) in [6, 6.07) is -0.119. The van der Waals surface area contributed by atoms with E-state index in [0.717, 1.165) is 32.4 Å². The Morgan fingerprint density at radius 3 is 2.44 bits per heavy atom. The average molecular weight is 227 g/mol. The summed E-state index contributed by atoms with van der Waals surface area (Å²) in [5.41, 5.74) is 0. The summed E-state index contributed by atoms with van der Waals surface area (Å²) in [5.74, 6) is -0.118. The predicted octanol–water partition coefficient (Wildman–Crippen LogP) is 0.708. The zero-order valence-corrected chi connectivity index (χ0v) is 9.92. The van der Waals surface area contributed by atoms with E-state index < -0.39 is 0 Å². The number of nitrogens with zero attached hydrogens (tertiary/aromatic N) is 1. The highest BCUT2D eigenvalue weighted by Crippen LogP contribution is 2.07. The first kappa shape index (κ1) is 12.8. The third-order valence-corrected chi connectivity index (χ3v) is 2.62. The van der Waals surface area contributed by atoms with Gasteiger partial charge in [-0.05, 0) is 25.7 Å². The molecule has 0 bridgehead atoms. The van der Waals surface area contributed by atoms with E-state index in [1.807, 2.05) is 6.92 Å². The van der Waals surface area contributed by atoms with Gasteiger partial charge in [-0.15, -0.1) is 0 Å². The molecule has 0 aromatic rings. The standard InChI is InChI=1S/C11H21N3O2/c1-2-6-12-10(15)9-13-11(16)14-7-4-3-5-8-14/h2-9H2,1H3,(H,12,15)(H,13,16). The summed E-state index contributed by atoms with van der Waals surface area (Å²) in [7, 11) is 0. The molecule has 0 spiro atoms. The van der Waals surface area contributed by atoms with E-state index in [2.05, 4.69) is 10.6 Å². The average Bonchev–Trinajstić information content (AvgIpc) is 2.34. The first-order valence-corrected chi connectivity index (χ1v) is 6.03. The van der Waals surface area contributed by atoms with Gasteiger partial charge in [-0.1, -0.05) is 6.92 Å². The maximum Gasteiger partial charge on any atom is 0.317 e. The fourth-order valence-corrected chi connectivity index (χ4v) is 1.69. The molecule has 0 aliphatic carbocycles. The van der Waals surface area contributed by atoms with Crippen molar-refractivity contribution in [3.63, 3.8) is 0 Å². The van der Waals surface area contributed by atoms with E-state index >= 15 is 0 Å². The summed E-state index contributed by atoms with van der Waals surface area (Å²) in [5, 5.41) is 5.35. The van der Waals surface area contributed by atoms with Gasteiger partial charge in [-0.25, -0.2) is 4.79 Å². The normalized spacial score (nSPS) is 15.7. The molecule has 0 atom stereocenters. The van der Waals surface area contributed by atoms with Gasteiger partial charge in [0.05, 0.1) is 6.54 Å². The third-order valence-electron chi connectivity index (χ3n) is 2.62. The molecule has 92 valence electrons. The van der Waals surface area contributed by atoms with Crippen molar-refractivity contribution in [2.24, 2.45) is 0 Å². The van der Waals surface area contributed by atoms with Gasteiger partial charge in [0.1, 0.15) is 0 Å². The molecule has 0 unspecified atom stereocenters. The van der Waals surface area contributed by atoms with Crippen LogP contribution in [0, 0.1) is 0 Å². The Labute approximate surface area is 96.6 Å². The van der Waals surface area contributed by atoms with Crippen molar-refractivity contribution < 1.29 is 9.59 Å². The molecule has 1 rings (SSSR count). The van der Waals surface area contributed by atoms with Crippen LogP contribution in [-0.4, -0.2) is 43.0 Å². The van der Waals surface area contributed by atoms with Crippen molar-refractivity contribution in [1.82, 2.24) is 15.5 Å². The monoisotopic (exact) mass is 227 g/mol. The summed E-state index contributed by atoms with van der Waals surface area (Å²) in [4.78, 5) is 24.6. The lowest BCUT2D eigenvalue weighted by atomic mass is 10.1. The number of likely N-dealkylation sites (tertiary alicyclic amines) is 1. The van der Waals surface area contributed by atoms with Crippen LogP contribution in [0.1, 0.15) is 32.6 Å². The minimum atomic E-state index is -0.119. The molecule has 1 saturated heterocycles. The smallest absolute Gasteiger partial charge is 0.317 e. The van der Waals surface area contributed by atoms with Gasteiger partial charge in [-0.2, -0.15) is 0 Å². The number of piperidine rings is 1. The van der Waals surface area contributed by atoms with Gasteiger partial charge in [0, 0.05) is 19.6 Å². The van der Waals surface area contributed by atoms with Crippen LogP contribution < -0.4 is 10.6 Å². The Morgan fingerprint density at radius 2 is 1.81 bits per heavy atom. The summed E-state index contributed by atoms with van der Waals surface area (Å²) >= 11 is 0. The molecule has 3 amide bonds. The molecular formula is C11H21N3O2. The van der Waals surface area contributed by atoms with E-state index in [1.165, 1.54) is 6.42 Å². The zero-order chi connectivity index (χ0) is 11.8. The summed E-state index contributed by atoms with van der Waals surface area (Å²) in [6.07, 6.45) is 4.23. The highest BCUT2D eigenvalue weighted by Gasteiger charge is 2.16. The van der Waals surface area contributed by atoms with Gasteiger partial charge >= 0.3 is 6.03 Å². The molecule has 0 aromatic carbocycles. The van der Waals surface area contributed by atoms with Gasteiger partial charge in [0.25, 0.3) is 0 Å². The van der Waals surface area contributed by atoms with E-state index in [1.54, 1.807) is 4.90 Å². The lowest BCUT2D eigenvalue weighted by Gasteiger charge is -2.26. The Hall–Kier alpha value is -1.26. The SMILES string of the molecule is CCCNC(=O)CNC(=O)N1CCCCC1. The largest absolute Gasteiger partial charge is 0.355 e. The Morgan fingerprint density at radius 1 is 1.12 bits per heavy atom. The van der Waals surface area contributed by atoms with E-state index in [4.69, 9.17) is 0 Å². The maximum absolute atomic E-state index is 11.6. The minimum Gasteiger partial charge on any atom is -0.355 e. The van der Waals surface area contributed by atoms with Crippen LogP contribution in [0.4, 0.5) is 4.79 Å². The van der Waals surface area contributed by atoms with Crippen molar-refractivity contribution in [2.45, 2.75) is 32.6 Å². The van der Waals surface area contributed by atoms with Gasteiger partial charge in [0.15, 0.2) is 0 Å². The van der Waals surface area contributed by atoms with Crippen LogP contribution in [0.5, 0.6) is 0 Å². The van der Waals surface area contributed by atoms with Crippen LogP contribution in [0.2, 0.25) is 0 Å². The van der Waals surface area contributed by atoms with Crippen molar-refractivity contribution in [1.29, 1.82) is 0 Å². The molecular weight excluding hydrogens is 206 g/mol. The fraction of sp³-hybridized carbons (Fsp3) is 0.818. The van der Waals surface area contributed by atoms with Crippen LogP contribution in [0.3, 0.4) is 0 Å². The first-order chi connectivity index (χ1) is 7.74. The Balaban J connectivity index is 2.15. The maximum atomic E-state index is 11.6. The van der Waals surface area contributed by atoms with Gasteiger partial charge < -0.3 is 15.5 Å². The number of carbonyl (C=O) groups excluding carboxylic acids is 2. The minimum absolute atomic E-state index is 0.0787. The second-order valence-corrected chi connectivity index (χ2v) is 4.06. The Bertz CT molecular complexity index is 237. The molecule has 5 nitrogen and oxygen atoms in total. The predicted molar refractivity (Wildman–Crippen MR) is 62.1 cm³/mol. The lowest BCUT2D eigenvalue weighted by molar-refractivity contribution is -0.120. The quantitative estimate of drug-likeness (QED) is 0.743. The lowest BCUT2D eigenvalue weighted by Crippen LogP contribution is -2.46. The zero-order valence-electron chi connectivity index (χ0n) is 9.92. The summed E-state index contributed by atoms with van der Waals surface area (Å²) in [6.45, 7) is 4.35. The van der Waals surface area contributed by atoms with Crippen molar-refractivity contribution in [3.8, 4) is 0 Å². The van der Waals surface area contributed by atoms with Crippen LogP contribution in [-0.2, 0) is 4.79 Å². The molecule has 1 heterocycles. The topological polar surface area (TPSA) is 61.4 Å². The molecule has 0 aromatic heterocycles. The number of rotatable bonds is 4. The van der Waals surface area contributed by atoms with E-state index in [-0.39, 0.29) is 18.5 Å². The second-order valence-electron chi connectivity index (χ2n) is 4.06. The molecule has 1 fully saturated rings. The molecule has 16 heavy (non-hydrogen) atoms. The Kier molecular flexibility index (Phi) is 5.67. The molecule has 0 radical (unpaired) electrons.